The van der Waals surface area contributed by atoms with Crippen LogP contribution >= 0.6 is 0 Å². The third-order valence-electron chi connectivity index (χ3n) is 2.32. The molecule has 0 aromatic heterocycles. The second kappa shape index (κ2) is 7.70. The van der Waals surface area contributed by atoms with Crippen LogP contribution in [0.3, 0.4) is 0 Å². The molecule has 1 amide bonds. The Labute approximate surface area is 111 Å². The average molecular weight is 270 g/mol. The first-order valence-electron chi connectivity index (χ1n) is 6.07. The van der Waals surface area contributed by atoms with Crippen molar-refractivity contribution < 1.29 is 18.7 Å². The zero-order valence-electron chi connectivity index (χ0n) is 11.1. The molecule has 0 aliphatic rings. The lowest BCUT2D eigenvalue weighted by Crippen LogP contribution is -2.24. The lowest BCUT2D eigenvalue weighted by atomic mass is 10.2. The number of anilines is 2. The van der Waals surface area contributed by atoms with Gasteiger partial charge >= 0.3 is 0 Å². The molecule has 3 N–H and O–H groups in total. The van der Waals surface area contributed by atoms with Crippen LogP contribution in [0.15, 0.2) is 18.2 Å². The van der Waals surface area contributed by atoms with Crippen molar-refractivity contribution >= 4 is 17.3 Å². The molecule has 106 valence electrons. The SMILES string of the molecule is CCOCC(C)OCC(=O)Nc1cc(N)ccc1F. The summed E-state index contributed by atoms with van der Waals surface area (Å²) in [5.74, 6) is -0.974. The molecule has 0 aliphatic heterocycles. The van der Waals surface area contributed by atoms with Gasteiger partial charge in [0.1, 0.15) is 12.4 Å². The van der Waals surface area contributed by atoms with Crippen LogP contribution in [-0.4, -0.2) is 31.8 Å². The van der Waals surface area contributed by atoms with Gasteiger partial charge in [-0.1, -0.05) is 0 Å². The molecule has 0 fully saturated rings. The monoisotopic (exact) mass is 270 g/mol. The highest BCUT2D eigenvalue weighted by Gasteiger charge is 2.10. The molecule has 0 spiro atoms. The second-order valence-corrected chi connectivity index (χ2v) is 4.07. The minimum Gasteiger partial charge on any atom is -0.399 e. The van der Waals surface area contributed by atoms with Gasteiger partial charge in [-0.05, 0) is 32.0 Å². The standard InChI is InChI=1S/C13H19FN2O3/c1-3-18-7-9(2)19-8-13(17)16-12-6-10(15)4-5-11(12)14/h4-6,9H,3,7-8,15H2,1-2H3,(H,16,17). The van der Waals surface area contributed by atoms with Crippen LogP contribution in [-0.2, 0) is 14.3 Å². The van der Waals surface area contributed by atoms with E-state index in [0.717, 1.165) is 0 Å². The Morgan fingerprint density at radius 2 is 2.26 bits per heavy atom. The predicted molar refractivity (Wildman–Crippen MR) is 71.3 cm³/mol. The van der Waals surface area contributed by atoms with Gasteiger partial charge < -0.3 is 20.5 Å². The second-order valence-electron chi connectivity index (χ2n) is 4.07. The number of nitrogens with two attached hydrogens (primary N) is 1. The summed E-state index contributed by atoms with van der Waals surface area (Å²) in [5.41, 5.74) is 5.94. The predicted octanol–water partition coefficient (Wildman–Crippen LogP) is 1.79. The molecule has 19 heavy (non-hydrogen) atoms. The molecular formula is C13H19FN2O3. The summed E-state index contributed by atoms with van der Waals surface area (Å²) in [6.07, 6.45) is -0.198. The first-order valence-corrected chi connectivity index (χ1v) is 6.07. The van der Waals surface area contributed by atoms with E-state index < -0.39 is 11.7 Å². The Hall–Kier alpha value is -1.66. The molecule has 0 heterocycles. The highest BCUT2D eigenvalue weighted by molar-refractivity contribution is 5.92. The van der Waals surface area contributed by atoms with E-state index in [1.54, 1.807) is 6.92 Å². The van der Waals surface area contributed by atoms with Crippen LogP contribution < -0.4 is 11.1 Å². The van der Waals surface area contributed by atoms with Gasteiger partial charge in [0.05, 0.1) is 18.4 Å². The number of nitrogens with one attached hydrogen (secondary N) is 1. The largest absolute Gasteiger partial charge is 0.399 e. The van der Waals surface area contributed by atoms with Gasteiger partial charge in [0.15, 0.2) is 0 Å². The smallest absolute Gasteiger partial charge is 0.250 e. The van der Waals surface area contributed by atoms with E-state index in [1.165, 1.54) is 18.2 Å². The Bertz CT molecular complexity index is 426. The third-order valence-corrected chi connectivity index (χ3v) is 2.32. The van der Waals surface area contributed by atoms with E-state index in [2.05, 4.69) is 5.32 Å². The number of hydrogen-bond donors (Lipinski definition) is 2. The van der Waals surface area contributed by atoms with Crippen molar-refractivity contribution in [2.24, 2.45) is 0 Å². The minimum absolute atomic E-state index is 0.0473. The first kappa shape index (κ1) is 15.4. The van der Waals surface area contributed by atoms with E-state index in [4.69, 9.17) is 15.2 Å². The lowest BCUT2D eigenvalue weighted by Gasteiger charge is -2.13. The molecule has 0 saturated heterocycles. The number of hydrogen-bond acceptors (Lipinski definition) is 4. The highest BCUT2D eigenvalue weighted by Crippen LogP contribution is 2.17. The van der Waals surface area contributed by atoms with Crippen LogP contribution in [0.5, 0.6) is 0 Å². The average Bonchev–Trinajstić information content (AvgIpc) is 2.38. The number of carbonyl (C=O) groups is 1. The van der Waals surface area contributed by atoms with Gasteiger partial charge in [0.2, 0.25) is 5.91 Å². The molecule has 0 saturated carbocycles. The van der Waals surface area contributed by atoms with E-state index in [0.29, 0.717) is 18.9 Å². The Kier molecular flexibility index (Phi) is 6.24. The molecule has 0 aliphatic carbocycles. The zero-order valence-corrected chi connectivity index (χ0v) is 11.1. The Morgan fingerprint density at radius 1 is 1.53 bits per heavy atom. The first-order chi connectivity index (χ1) is 9.02. The van der Waals surface area contributed by atoms with Gasteiger partial charge in [-0.15, -0.1) is 0 Å². The maximum atomic E-state index is 13.4. The summed E-state index contributed by atoms with van der Waals surface area (Å²) < 4.78 is 23.8. The summed E-state index contributed by atoms with van der Waals surface area (Å²) >= 11 is 0. The van der Waals surface area contributed by atoms with Crippen molar-refractivity contribution in [1.82, 2.24) is 0 Å². The van der Waals surface area contributed by atoms with Crippen molar-refractivity contribution in [2.45, 2.75) is 20.0 Å². The molecule has 5 nitrogen and oxygen atoms in total. The molecule has 1 aromatic rings. The fourth-order valence-electron chi connectivity index (χ4n) is 1.37. The molecule has 1 aromatic carbocycles. The maximum absolute atomic E-state index is 13.4. The van der Waals surface area contributed by atoms with E-state index >= 15 is 0 Å². The quantitative estimate of drug-likeness (QED) is 0.741. The Balaban J connectivity index is 2.40. The highest BCUT2D eigenvalue weighted by atomic mass is 19.1. The number of rotatable bonds is 7. The van der Waals surface area contributed by atoms with E-state index in [9.17, 15) is 9.18 Å². The van der Waals surface area contributed by atoms with Crippen molar-refractivity contribution in [3.05, 3.63) is 24.0 Å². The van der Waals surface area contributed by atoms with Crippen LogP contribution in [0.25, 0.3) is 0 Å². The van der Waals surface area contributed by atoms with Gasteiger partial charge in [0.25, 0.3) is 0 Å². The third kappa shape index (κ3) is 5.67. The number of ether oxygens (including phenoxy) is 2. The molecule has 1 rings (SSSR count). The van der Waals surface area contributed by atoms with Crippen molar-refractivity contribution in [3.8, 4) is 0 Å². The fraction of sp³-hybridized carbons (Fsp3) is 0.462. The minimum atomic E-state index is -0.537. The maximum Gasteiger partial charge on any atom is 0.250 e. The van der Waals surface area contributed by atoms with Gasteiger partial charge in [-0.25, -0.2) is 4.39 Å². The van der Waals surface area contributed by atoms with Crippen molar-refractivity contribution in [3.63, 3.8) is 0 Å². The van der Waals surface area contributed by atoms with Crippen LogP contribution in [0.4, 0.5) is 15.8 Å². The van der Waals surface area contributed by atoms with Crippen molar-refractivity contribution in [2.75, 3.05) is 30.9 Å². The normalized spacial score (nSPS) is 12.2. The summed E-state index contributed by atoms with van der Waals surface area (Å²) in [7, 11) is 0. The number of halogens is 1. The van der Waals surface area contributed by atoms with Crippen LogP contribution in [0, 0.1) is 5.82 Å². The summed E-state index contributed by atoms with van der Waals surface area (Å²) in [6, 6.07) is 3.98. The summed E-state index contributed by atoms with van der Waals surface area (Å²) in [4.78, 5) is 11.6. The van der Waals surface area contributed by atoms with E-state index in [1.807, 2.05) is 6.92 Å². The van der Waals surface area contributed by atoms with Gasteiger partial charge in [0, 0.05) is 12.3 Å². The van der Waals surface area contributed by atoms with Gasteiger partial charge in [-0.2, -0.15) is 0 Å². The fourth-order valence-corrected chi connectivity index (χ4v) is 1.37. The zero-order chi connectivity index (χ0) is 14.3. The number of amides is 1. The number of nitrogen functional groups attached to an aromatic ring is 1. The summed E-state index contributed by atoms with van der Waals surface area (Å²) in [5, 5.41) is 2.40. The molecule has 1 atom stereocenters. The molecule has 6 heteroatoms. The molecule has 1 unspecified atom stereocenters. The topological polar surface area (TPSA) is 73.6 Å². The number of benzene rings is 1. The lowest BCUT2D eigenvalue weighted by molar-refractivity contribution is -0.123. The van der Waals surface area contributed by atoms with Crippen molar-refractivity contribution in [1.29, 1.82) is 0 Å². The molecule has 0 radical (unpaired) electrons. The van der Waals surface area contributed by atoms with Crippen LogP contribution in [0.2, 0.25) is 0 Å². The van der Waals surface area contributed by atoms with E-state index in [-0.39, 0.29) is 18.4 Å². The van der Waals surface area contributed by atoms with Crippen LogP contribution in [0.1, 0.15) is 13.8 Å². The molecule has 0 bridgehead atoms. The molecular weight excluding hydrogens is 251 g/mol. The van der Waals surface area contributed by atoms with Gasteiger partial charge in [-0.3, -0.25) is 4.79 Å². The summed E-state index contributed by atoms with van der Waals surface area (Å²) in [6.45, 7) is 4.51. The Morgan fingerprint density at radius 3 is 2.95 bits per heavy atom. The number of carbonyl (C=O) groups excluding carboxylic acids is 1.